The molecule has 1 aromatic heterocycles. The van der Waals surface area contributed by atoms with Gasteiger partial charge < -0.3 is 15.2 Å². The molecule has 0 radical (unpaired) electrons. The molecule has 1 saturated heterocycles. The number of nitrogens with zero attached hydrogens (tertiary/aromatic N) is 1. The molecule has 108 valence electrons. The van der Waals surface area contributed by atoms with Gasteiger partial charge in [-0.25, -0.2) is 9.78 Å². The van der Waals surface area contributed by atoms with E-state index in [0.29, 0.717) is 12.2 Å². The Bertz CT molecular complexity index is 504. The van der Waals surface area contributed by atoms with Gasteiger partial charge in [-0.15, -0.1) is 0 Å². The molecule has 0 spiro atoms. The van der Waals surface area contributed by atoms with Gasteiger partial charge in [0.15, 0.2) is 0 Å². The van der Waals surface area contributed by atoms with E-state index in [1.54, 1.807) is 0 Å². The number of hydrogen-bond donors (Lipinski definition) is 2. The topological polar surface area (TPSA) is 88.5 Å². The van der Waals surface area contributed by atoms with E-state index in [4.69, 9.17) is 9.84 Å². The van der Waals surface area contributed by atoms with Gasteiger partial charge in [0.05, 0.1) is 6.10 Å². The van der Waals surface area contributed by atoms with Gasteiger partial charge in [-0.2, -0.15) is 0 Å². The molecule has 1 aromatic rings. The number of nitrogens with one attached hydrogen (secondary N) is 1. The summed E-state index contributed by atoms with van der Waals surface area (Å²) in [5.74, 6) is -1.41. The number of pyridine rings is 1. The van der Waals surface area contributed by atoms with E-state index < -0.39 is 5.97 Å². The monoisotopic (exact) mass is 278 g/mol. The molecule has 1 fully saturated rings. The van der Waals surface area contributed by atoms with E-state index in [2.05, 4.69) is 17.2 Å². The number of carboxylic acids is 1. The summed E-state index contributed by atoms with van der Waals surface area (Å²) < 4.78 is 5.56. The summed E-state index contributed by atoms with van der Waals surface area (Å²) in [4.78, 5) is 26.6. The zero-order chi connectivity index (χ0) is 14.5. The van der Waals surface area contributed by atoms with Crippen LogP contribution in [-0.4, -0.2) is 40.7 Å². The average molecular weight is 278 g/mol. The lowest BCUT2D eigenvalue weighted by Crippen LogP contribution is -2.41. The molecule has 20 heavy (non-hydrogen) atoms. The number of carbonyl (C=O) groups excluding carboxylic acids is 1. The van der Waals surface area contributed by atoms with Gasteiger partial charge in [0.25, 0.3) is 5.91 Å². The molecule has 1 amide bonds. The molecule has 2 heterocycles. The maximum atomic E-state index is 12.1. The molecule has 0 aromatic carbocycles. The summed E-state index contributed by atoms with van der Waals surface area (Å²) in [6, 6.07) is 2.87. The van der Waals surface area contributed by atoms with Crippen molar-refractivity contribution >= 4 is 11.9 Å². The fraction of sp³-hybridized carbons (Fsp3) is 0.500. The Hall–Kier alpha value is -1.95. The molecule has 1 aliphatic heterocycles. The maximum absolute atomic E-state index is 12.1. The van der Waals surface area contributed by atoms with Gasteiger partial charge >= 0.3 is 5.97 Å². The van der Waals surface area contributed by atoms with E-state index in [0.717, 1.165) is 19.3 Å². The Morgan fingerprint density at radius 3 is 3.05 bits per heavy atom. The van der Waals surface area contributed by atoms with Crippen LogP contribution in [0, 0.1) is 0 Å². The Morgan fingerprint density at radius 2 is 2.35 bits per heavy atom. The highest BCUT2D eigenvalue weighted by molar-refractivity contribution is 5.96. The molecule has 2 rings (SSSR count). The summed E-state index contributed by atoms with van der Waals surface area (Å²) in [7, 11) is 0. The van der Waals surface area contributed by atoms with Gasteiger partial charge in [0.1, 0.15) is 5.69 Å². The molecule has 0 saturated carbocycles. The maximum Gasteiger partial charge on any atom is 0.354 e. The summed E-state index contributed by atoms with van der Waals surface area (Å²) in [6.45, 7) is 2.69. The van der Waals surface area contributed by atoms with Crippen molar-refractivity contribution in [2.45, 2.75) is 38.3 Å². The molecule has 0 bridgehead atoms. The second kappa shape index (κ2) is 6.47. The van der Waals surface area contributed by atoms with Crippen LogP contribution in [0.25, 0.3) is 0 Å². The highest BCUT2D eigenvalue weighted by Crippen LogP contribution is 2.16. The zero-order valence-electron chi connectivity index (χ0n) is 11.3. The van der Waals surface area contributed by atoms with Crippen molar-refractivity contribution in [1.82, 2.24) is 10.3 Å². The van der Waals surface area contributed by atoms with E-state index in [9.17, 15) is 9.59 Å². The molecule has 6 nitrogen and oxygen atoms in total. The third kappa shape index (κ3) is 3.54. The first-order chi connectivity index (χ1) is 9.60. The normalized spacial score (nSPS) is 22.2. The van der Waals surface area contributed by atoms with Crippen LogP contribution in [0.3, 0.4) is 0 Å². The van der Waals surface area contributed by atoms with E-state index >= 15 is 0 Å². The first-order valence-corrected chi connectivity index (χ1v) is 6.72. The van der Waals surface area contributed by atoms with Crippen LogP contribution in [0.4, 0.5) is 0 Å². The molecule has 1 aliphatic rings. The molecular weight excluding hydrogens is 260 g/mol. The minimum absolute atomic E-state index is 0.0719. The van der Waals surface area contributed by atoms with Gasteiger partial charge in [-0.3, -0.25) is 4.79 Å². The highest BCUT2D eigenvalue weighted by atomic mass is 16.5. The highest BCUT2D eigenvalue weighted by Gasteiger charge is 2.23. The molecule has 2 atom stereocenters. The van der Waals surface area contributed by atoms with Gasteiger partial charge in [0.2, 0.25) is 0 Å². The third-order valence-corrected chi connectivity index (χ3v) is 3.40. The summed E-state index contributed by atoms with van der Waals surface area (Å²) >= 11 is 0. The van der Waals surface area contributed by atoms with Gasteiger partial charge in [-0.1, -0.05) is 6.92 Å². The smallest absolute Gasteiger partial charge is 0.354 e. The lowest BCUT2D eigenvalue weighted by atomic mass is 10.0. The fourth-order valence-corrected chi connectivity index (χ4v) is 2.25. The number of aromatic nitrogens is 1. The molecule has 6 heteroatoms. The van der Waals surface area contributed by atoms with E-state index in [1.807, 2.05) is 0 Å². The van der Waals surface area contributed by atoms with Gasteiger partial charge in [0, 0.05) is 24.4 Å². The predicted molar refractivity (Wildman–Crippen MR) is 71.7 cm³/mol. The standard InChI is InChI=1S/C14H18N2O4/c1-2-11-8-10(4-6-20-11)16-13(17)9-3-5-15-12(7-9)14(18)19/h3,5,7,10-11H,2,4,6,8H2,1H3,(H,16,17)(H,18,19). The Labute approximate surface area is 117 Å². The van der Waals surface area contributed by atoms with Crippen LogP contribution in [0.2, 0.25) is 0 Å². The van der Waals surface area contributed by atoms with Crippen molar-refractivity contribution in [1.29, 1.82) is 0 Å². The largest absolute Gasteiger partial charge is 0.477 e. The van der Waals surface area contributed by atoms with Crippen LogP contribution >= 0.6 is 0 Å². The van der Waals surface area contributed by atoms with E-state index in [1.165, 1.54) is 18.3 Å². The number of hydrogen-bond acceptors (Lipinski definition) is 4. The van der Waals surface area contributed by atoms with Crippen LogP contribution in [-0.2, 0) is 4.74 Å². The third-order valence-electron chi connectivity index (χ3n) is 3.40. The van der Waals surface area contributed by atoms with Crippen molar-refractivity contribution in [3.63, 3.8) is 0 Å². The van der Waals surface area contributed by atoms with Crippen LogP contribution in [0.15, 0.2) is 18.3 Å². The minimum atomic E-state index is -1.14. The van der Waals surface area contributed by atoms with Crippen LogP contribution < -0.4 is 5.32 Å². The van der Waals surface area contributed by atoms with Crippen molar-refractivity contribution in [2.75, 3.05) is 6.61 Å². The minimum Gasteiger partial charge on any atom is -0.477 e. The Balaban J connectivity index is 2.01. The number of amides is 1. The number of aromatic carboxylic acids is 1. The number of carboxylic acid groups (broad SMARTS) is 1. The lowest BCUT2D eigenvalue weighted by molar-refractivity contribution is 0.000622. The van der Waals surface area contributed by atoms with Crippen molar-refractivity contribution in [2.24, 2.45) is 0 Å². The number of ether oxygens (including phenoxy) is 1. The quantitative estimate of drug-likeness (QED) is 0.870. The first-order valence-electron chi connectivity index (χ1n) is 6.72. The molecule has 2 unspecified atom stereocenters. The molecular formula is C14H18N2O4. The summed E-state index contributed by atoms with van der Waals surface area (Å²) in [5.41, 5.74) is 0.188. The molecule has 0 aliphatic carbocycles. The predicted octanol–water partition coefficient (Wildman–Crippen LogP) is 1.47. The van der Waals surface area contributed by atoms with Crippen molar-refractivity contribution in [3.8, 4) is 0 Å². The van der Waals surface area contributed by atoms with Crippen molar-refractivity contribution in [3.05, 3.63) is 29.6 Å². The second-order valence-electron chi connectivity index (χ2n) is 4.83. The average Bonchev–Trinajstić information content (AvgIpc) is 2.47. The van der Waals surface area contributed by atoms with Crippen LogP contribution in [0.5, 0.6) is 0 Å². The SMILES string of the molecule is CCC1CC(NC(=O)c2ccnc(C(=O)O)c2)CCO1. The Kier molecular flexibility index (Phi) is 4.68. The fourth-order valence-electron chi connectivity index (χ4n) is 2.25. The van der Waals surface area contributed by atoms with Gasteiger partial charge in [-0.05, 0) is 31.4 Å². The lowest BCUT2D eigenvalue weighted by Gasteiger charge is -2.29. The second-order valence-corrected chi connectivity index (χ2v) is 4.83. The Morgan fingerprint density at radius 1 is 1.55 bits per heavy atom. The van der Waals surface area contributed by atoms with Crippen molar-refractivity contribution < 1.29 is 19.4 Å². The summed E-state index contributed by atoms with van der Waals surface area (Å²) in [5, 5.41) is 11.8. The molecule has 2 N–H and O–H groups in total. The first kappa shape index (κ1) is 14.5. The number of carbonyl (C=O) groups is 2. The zero-order valence-corrected chi connectivity index (χ0v) is 11.3. The summed E-state index contributed by atoms with van der Waals surface area (Å²) in [6.07, 6.45) is 4.00. The number of rotatable bonds is 4. The van der Waals surface area contributed by atoms with E-state index in [-0.39, 0.29) is 23.7 Å². The van der Waals surface area contributed by atoms with Crippen LogP contribution in [0.1, 0.15) is 47.0 Å².